The first-order valence-corrected chi connectivity index (χ1v) is 13.0. The van der Waals surface area contributed by atoms with Gasteiger partial charge in [-0.25, -0.2) is 0 Å². The molecule has 0 bridgehead atoms. The Bertz CT molecular complexity index is 1280. The van der Waals surface area contributed by atoms with Crippen LogP contribution in [0.25, 0.3) is 11.0 Å². The van der Waals surface area contributed by atoms with Crippen molar-refractivity contribution in [2.45, 2.75) is 56.7 Å². The molecular formula is C28H31ClN4O2. The molecule has 2 aliphatic heterocycles. The molecule has 2 aromatic carbocycles. The quantitative estimate of drug-likeness (QED) is 0.435. The number of rotatable bonds is 4. The lowest BCUT2D eigenvalue weighted by molar-refractivity contribution is 0.0911. The van der Waals surface area contributed by atoms with Crippen molar-refractivity contribution in [2.24, 2.45) is 0 Å². The molecule has 3 aromatic rings. The van der Waals surface area contributed by atoms with E-state index in [1.807, 2.05) is 18.2 Å². The van der Waals surface area contributed by atoms with Crippen LogP contribution in [0.15, 0.2) is 59.3 Å². The number of likely N-dealkylation sites (tertiary alicyclic amines) is 1. The molecule has 3 heterocycles. The molecule has 1 amide bonds. The first-order chi connectivity index (χ1) is 17.0. The van der Waals surface area contributed by atoms with Crippen molar-refractivity contribution in [1.82, 2.24) is 15.5 Å². The van der Waals surface area contributed by atoms with Gasteiger partial charge in [0.2, 0.25) is 0 Å². The zero-order valence-corrected chi connectivity index (χ0v) is 20.6. The lowest BCUT2D eigenvalue weighted by Gasteiger charge is -2.44. The lowest BCUT2D eigenvalue weighted by Crippen LogP contribution is -2.48. The average Bonchev–Trinajstić information content (AvgIpc) is 3.47. The molecule has 2 fully saturated rings. The van der Waals surface area contributed by atoms with E-state index >= 15 is 0 Å². The van der Waals surface area contributed by atoms with Crippen LogP contribution in [0.2, 0.25) is 5.02 Å². The van der Waals surface area contributed by atoms with E-state index in [4.69, 9.17) is 16.0 Å². The van der Waals surface area contributed by atoms with Crippen LogP contribution in [-0.2, 0) is 12.1 Å². The molecule has 1 aromatic heterocycles. The minimum Gasteiger partial charge on any atom is -0.450 e. The minimum atomic E-state index is -0.270. The van der Waals surface area contributed by atoms with Crippen molar-refractivity contribution >= 4 is 34.2 Å². The fourth-order valence-electron chi connectivity index (χ4n) is 6.10. The van der Waals surface area contributed by atoms with Crippen molar-refractivity contribution in [3.05, 3.63) is 76.8 Å². The van der Waals surface area contributed by atoms with Crippen molar-refractivity contribution in [2.75, 3.05) is 18.4 Å². The van der Waals surface area contributed by atoms with Crippen LogP contribution in [-0.4, -0.2) is 29.9 Å². The molecule has 1 unspecified atom stereocenters. The molecule has 3 N–H and O–H groups in total. The Morgan fingerprint density at radius 2 is 2.00 bits per heavy atom. The van der Waals surface area contributed by atoms with Gasteiger partial charge in [0, 0.05) is 36.6 Å². The summed E-state index contributed by atoms with van der Waals surface area (Å²) in [7, 11) is 0. The summed E-state index contributed by atoms with van der Waals surface area (Å²) >= 11 is 6.72. The summed E-state index contributed by atoms with van der Waals surface area (Å²) in [5.41, 5.74) is 3.63. The van der Waals surface area contributed by atoms with Gasteiger partial charge in [-0.15, -0.1) is 0 Å². The molecular weight excluding hydrogens is 460 g/mol. The largest absolute Gasteiger partial charge is 0.450 e. The number of fused-ring (bicyclic) bond motifs is 4. The highest BCUT2D eigenvalue weighted by molar-refractivity contribution is 6.34. The van der Waals surface area contributed by atoms with Crippen molar-refractivity contribution in [3.8, 4) is 0 Å². The molecule has 3 aliphatic rings. The SMILES string of the molecule is C=C1Nc2c(Cl)cc3cc(C(=O)NC4CCN(Cc5ccccc5)C4)oc3c2C2(CCCCC2)N1. The van der Waals surface area contributed by atoms with Crippen molar-refractivity contribution < 1.29 is 9.21 Å². The predicted molar refractivity (Wildman–Crippen MR) is 139 cm³/mol. The van der Waals surface area contributed by atoms with E-state index in [0.29, 0.717) is 10.8 Å². The normalized spacial score (nSPS) is 21.5. The summed E-state index contributed by atoms with van der Waals surface area (Å²) in [5.74, 6) is 0.921. The third-order valence-electron chi connectivity index (χ3n) is 7.69. The molecule has 7 heteroatoms. The highest BCUT2D eigenvalue weighted by Gasteiger charge is 2.42. The second kappa shape index (κ2) is 8.92. The Balaban J connectivity index is 1.24. The van der Waals surface area contributed by atoms with Gasteiger partial charge in [-0.3, -0.25) is 9.69 Å². The summed E-state index contributed by atoms with van der Waals surface area (Å²) < 4.78 is 6.28. The van der Waals surface area contributed by atoms with E-state index in [2.05, 4.69) is 51.7 Å². The maximum atomic E-state index is 13.2. The topological polar surface area (TPSA) is 69.5 Å². The van der Waals surface area contributed by atoms with Crippen LogP contribution in [0.1, 0.15) is 60.2 Å². The lowest BCUT2D eigenvalue weighted by atomic mass is 9.74. The number of carbonyl (C=O) groups excluding carboxylic acids is 1. The van der Waals surface area contributed by atoms with Crippen LogP contribution in [0.4, 0.5) is 5.69 Å². The van der Waals surface area contributed by atoms with Crippen molar-refractivity contribution in [1.29, 1.82) is 0 Å². The molecule has 1 spiro atoms. The van der Waals surface area contributed by atoms with Crippen LogP contribution >= 0.6 is 11.6 Å². The van der Waals surface area contributed by atoms with Gasteiger partial charge in [-0.1, -0.05) is 67.8 Å². The number of hydrogen-bond acceptors (Lipinski definition) is 5. The zero-order chi connectivity index (χ0) is 24.0. The summed E-state index contributed by atoms with van der Waals surface area (Å²) in [6.07, 6.45) is 6.37. The average molecular weight is 491 g/mol. The first kappa shape index (κ1) is 22.5. The summed E-state index contributed by atoms with van der Waals surface area (Å²) in [4.78, 5) is 15.6. The van der Waals surface area contributed by atoms with Gasteiger partial charge in [0.05, 0.1) is 22.1 Å². The number of furan rings is 1. The second-order valence-corrected chi connectivity index (χ2v) is 10.6. The van der Waals surface area contributed by atoms with Gasteiger partial charge in [-0.05, 0) is 37.0 Å². The fraction of sp³-hybridized carbons (Fsp3) is 0.393. The molecule has 6 rings (SSSR count). The molecule has 0 radical (unpaired) electrons. The standard InChI is InChI=1S/C28H31ClN4O2/c1-18-30-25-22(29)14-20-15-23(35-26(20)24(25)28(32-18)11-6-3-7-12-28)27(34)31-21-10-13-33(17-21)16-19-8-4-2-5-9-19/h2,4-5,8-9,14-15,21,30,32H,1,3,6-7,10-13,16-17H2,(H,31,34). The Hall–Kier alpha value is -2.96. The summed E-state index contributed by atoms with van der Waals surface area (Å²) in [6, 6.07) is 14.3. The van der Waals surface area contributed by atoms with E-state index in [9.17, 15) is 4.79 Å². The second-order valence-electron chi connectivity index (χ2n) is 10.2. The number of nitrogens with one attached hydrogen (secondary N) is 3. The third kappa shape index (κ3) is 4.19. The molecule has 1 saturated carbocycles. The van der Waals surface area contributed by atoms with E-state index < -0.39 is 0 Å². The molecule has 1 saturated heterocycles. The van der Waals surface area contributed by atoms with Gasteiger partial charge in [0.25, 0.3) is 5.91 Å². The number of benzene rings is 2. The van der Waals surface area contributed by atoms with Crippen LogP contribution in [0.3, 0.4) is 0 Å². The van der Waals surface area contributed by atoms with E-state index in [-0.39, 0.29) is 17.5 Å². The van der Waals surface area contributed by atoms with Gasteiger partial charge < -0.3 is 20.4 Å². The van der Waals surface area contributed by atoms with Crippen LogP contribution in [0.5, 0.6) is 0 Å². The minimum absolute atomic E-state index is 0.105. The van der Waals surface area contributed by atoms with Gasteiger partial charge in [-0.2, -0.15) is 0 Å². The number of anilines is 1. The first-order valence-electron chi connectivity index (χ1n) is 12.6. The van der Waals surface area contributed by atoms with E-state index in [1.165, 1.54) is 12.0 Å². The third-order valence-corrected chi connectivity index (χ3v) is 7.99. The highest BCUT2D eigenvalue weighted by atomic mass is 35.5. The number of carbonyl (C=O) groups is 1. The van der Waals surface area contributed by atoms with Gasteiger partial charge >= 0.3 is 0 Å². The highest BCUT2D eigenvalue weighted by Crippen LogP contribution is 2.49. The molecule has 1 aliphatic carbocycles. The van der Waals surface area contributed by atoms with Gasteiger partial charge in [0.15, 0.2) is 5.76 Å². The Morgan fingerprint density at radius 1 is 1.20 bits per heavy atom. The smallest absolute Gasteiger partial charge is 0.287 e. The monoisotopic (exact) mass is 490 g/mol. The maximum Gasteiger partial charge on any atom is 0.287 e. The number of halogens is 1. The van der Waals surface area contributed by atoms with Crippen LogP contribution < -0.4 is 16.0 Å². The number of hydrogen-bond donors (Lipinski definition) is 3. The number of amides is 1. The number of nitrogens with zero attached hydrogens (tertiary/aromatic N) is 1. The Labute approximate surface area is 210 Å². The Morgan fingerprint density at radius 3 is 2.80 bits per heavy atom. The van der Waals surface area contributed by atoms with Crippen molar-refractivity contribution in [3.63, 3.8) is 0 Å². The summed E-state index contributed by atoms with van der Waals surface area (Å²) in [6.45, 7) is 6.83. The maximum absolute atomic E-state index is 13.2. The molecule has 35 heavy (non-hydrogen) atoms. The van der Waals surface area contributed by atoms with Gasteiger partial charge in [0.1, 0.15) is 5.58 Å². The molecule has 182 valence electrons. The van der Waals surface area contributed by atoms with Crippen LogP contribution in [0, 0.1) is 0 Å². The fourth-order valence-corrected chi connectivity index (χ4v) is 6.36. The predicted octanol–water partition coefficient (Wildman–Crippen LogP) is 5.74. The zero-order valence-electron chi connectivity index (χ0n) is 19.8. The Kier molecular flexibility index (Phi) is 5.73. The molecule has 1 atom stereocenters. The molecule has 6 nitrogen and oxygen atoms in total. The van der Waals surface area contributed by atoms with E-state index in [0.717, 1.165) is 79.8 Å². The summed E-state index contributed by atoms with van der Waals surface area (Å²) in [5, 5.41) is 11.6. The van der Waals surface area contributed by atoms with E-state index in [1.54, 1.807) is 0 Å².